The van der Waals surface area contributed by atoms with Crippen LogP contribution in [0.2, 0.25) is 0 Å². The van der Waals surface area contributed by atoms with Gasteiger partial charge in [-0.2, -0.15) is 0 Å². The quantitative estimate of drug-likeness (QED) is 0.612. The fourth-order valence-corrected chi connectivity index (χ4v) is 1.60. The van der Waals surface area contributed by atoms with Crippen LogP contribution in [0.4, 0.5) is 0 Å². The van der Waals surface area contributed by atoms with Gasteiger partial charge < -0.3 is 15.7 Å². The SMILES string of the molecule is CCCC(=O)N[C@@H](C)C(=O)N[C@@H](CC(C)C)C(=O)O. The molecule has 0 aromatic rings. The van der Waals surface area contributed by atoms with Crippen molar-refractivity contribution in [3.05, 3.63) is 0 Å². The Labute approximate surface area is 113 Å². The van der Waals surface area contributed by atoms with E-state index in [1.807, 2.05) is 20.8 Å². The molecule has 0 bridgehead atoms. The molecule has 0 radical (unpaired) electrons. The normalized spacial score (nSPS) is 13.7. The molecule has 0 saturated carbocycles. The third-order valence-electron chi connectivity index (χ3n) is 2.57. The van der Waals surface area contributed by atoms with Crippen LogP contribution in [0.25, 0.3) is 0 Å². The lowest BCUT2D eigenvalue weighted by Gasteiger charge is -2.19. The van der Waals surface area contributed by atoms with Crippen LogP contribution in [-0.2, 0) is 14.4 Å². The van der Waals surface area contributed by atoms with Crippen molar-refractivity contribution in [3.8, 4) is 0 Å². The molecule has 0 aliphatic carbocycles. The molecule has 0 aliphatic heterocycles. The van der Waals surface area contributed by atoms with Gasteiger partial charge in [-0.05, 0) is 25.7 Å². The zero-order valence-electron chi connectivity index (χ0n) is 12.0. The first-order chi connectivity index (χ1) is 8.77. The summed E-state index contributed by atoms with van der Waals surface area (Å²) >= 11 is 0. The number of aliphatic carboxylic acids is 1. The van der Waals surface area contributed by atoms with Crippen LogP contribution in [0, 0.1) is 5.92 Å². The first-order valence-electron chi connectivity index (χ1n) is 6.60. The van der Waals surface area contributed by atoms with E-state index >= 15 is 0 Å². The van der Waals surface area contributed by atoms with Gasteiger partial charge in [-0.25, -0.2) is 4.79 Å². The monoisotopic (exact) mass is 272 g/mol. The van der Waals surface area contributed by atoms with Gasteiger partial charge in [0.15, 0.2) is 0 Å². The minimum atomic E-state index is -1.06. The van der Waals surface area contributed by atoms with Gasteiger partial charge in [0, 0.05) is 6.42 Å². The highest BCUT2D eigenvalue weighted by molar-refractivity contribution is 5.90. The topological polar surface area (TPSA) is 95.5 Å². The number of rotatable bonds is 8. The Morgan fingerprint density at radius 3 is 2.11 bits per heavy atom. The number of carbonyl (C=O) groups is 3. The van der Waals surface area contributed by atoms with Crippen LogP contribution in [0.3, 0.4) is 0 Å². The summed E-state index contributed by atoms with van der Waals surface area (Å²) in [6.07, 6.45) is 1.41. The number of carboxylic acids is 1. The van der Waals surface area contributed by atoms with Crippen LogP contribution in [0.15, 0.2) is 0 Å². The molecule has 6 nitrogen and oxygen atoms in total. The highest BCUT2D eigenvalue weighted by atomic mass is 16.4. The maximum Gasteiger partial charge on any atom is 0.326 e. The van der Waals surface area contributed by atoms with E-state index in [1.165, 1.54) is 6.92 Å². The lowest BCUT2D eigenvalue weighted by molar-refractivity contribution is -0.142. The van der Waals surface area contributed by atoms with Crippen molar-refractivity contribution in [1.29, 1.82) is 0 Å². The Morgan fingerprint density at radius 1 is 1.11 bits per heavy atom. The second-order valence-electron chi connectivity index (χ2n) is 5.07. The highest BCUT2D eigenvalue weighted by Crippen LogP contribution is 2.05. The van der Waals surface area contributed by atoms with E-state index in [-0.39, 0.29) is 11.8 Å². The van der Waals surface area contributed by atoms with E-state index in [2.05, 4.69) is 10.6 Å². The van der Waals surface area contributed by atoms with Crippen LogP contribution in [-0.4, -0.2) is 35.0 Å². The number of amides is 2. The summed E-state index contributed by atoms with van der Waals surface area (Å²) in [7, 11) is 0. The number of hydrogen-bond donors (Lipinski definition) is 3. The van der Waals surface area contributed by atoms with Gasteiger partial charge in [0.2, 0.25) is 11.8 Å². The summed E-state index contributed by atoms with van der Waals surface area (Å²) in [4.78, 5) is 34.2. The Morgan fingerprint density at radius 2 is 1.68 bits per heavy atom. The second-order valence-corrected chi connectivity index (χ2v) is 5.07. The molecule has 19 heavy (non-hydrogen) atoms. The molecular weight excluding hydrogens is 248 g/mol. The van der Waals surface area contributed by atoms with E-state index in [4.69, 9.17) is 5.11 Å². The molecule has 0 rings (SSSR count). The molecule has 110 valence electrons. The van der Waals surface area contributed by atoms with E-state index in [1.54, 1.807) is 0 Å². The third kappa shape index (κ3) is 7.43. The van der Waals surface area contributed by atoms with Gasteiger partial charge >= 0.3 is 5.97 Å². The maximum absolute atomic E-state index is 11.8. The van der Waals surface area contributed by atoms with Crippen molar-refractivity contribution in [2.45, 2.75) is 59.0 Å². The molecule has 0 aromatic carbocycles. The van der Waals surface area contributed by atoms with E-state index in [0.29, 0.717) is 19.3 Å². The average molecular weight is 272 g/mol. The summed E-state index contributed by atoms with van der Waals surface area (Å²) < 4.78 is 0. The van der Waals surface area contributed by atoms with Crippen molar-refractivity contribution >= 4 is 17.8 Å². The van der Waals surface area contributed by atoms with E-state index in [9.17, 15) is 14.4 Å². The molecule has 0 spiro atoms. The molecule has 3 N–H and O–H groups in total. The number of carbonyl (C=O) groups excluding carboxylic acids is 2. The second kappa shape index (κ2) is 8.50. The van der Waals surface area contributed by atoms with Crippen LogP contribution in [0.1, 0.15) is 47.0 Å². The number of nitrogens with one attached hydrogen (secondary N) is 2. The van der Waals surface area contributed by atoms with Crippen molar-refractivity contribution in [3.63, 3.8) is 0 Å². The zero-order chi connectivity index (χ0) is 15.0. The molecule has 0 saturated heterocycles. The molecule has 0 aromatic heterocycles. The van der Waals surface area contributed by atoms with E-state index < -0.39 is 24.0 Å². The van der Waals surface area contributed by atoms with Crippen LogP contribution < -0.4 is 10.6 Å². The molecule has 2 atom stereocenters. The predicted octanol–water partition coefficient (Wildman–Crippen LogP) is 0.907. The maximum atomic E-state index is 11.8. The Balaban J connectivity index is 4.39. The summed E-state index contributed by atoms with van der Waals surface area (Å²) in [5.41, 5.74) is 0. The van der Waals surface area contributed by atoms with Gasteiger partial charge in [0.05, 0.1) is 0 Å². The highest BCUT2D eigenvalue weighted by Gasteiger charge is 2.24. The lowest BCUT2D eigenvalue weighted by atomic mass is 10.0. The largest absolute Gasteiger partial charge is 0.480 e. The van der Waals surface area contributed by atoms with Crippen LogP contribution in [0.5, 0.6) is 0 Å². The Hall–Kier alpha value is -1.59. The zero-order valence-corrected chi connectivity index (χ0v) is 12.0. The first-order valence-corrected chi connectivity index (χ1v) is 6.60. The fourth-order valence-electron chi connectivity index (χ4n) is 1.60. The van der Waals surface area contributed by atoms with Crippen molar-refractivity contribution in [1.82, 2.24) is 10.6 Å². The Bertz CT molecular complexity index is 329. The lowest BCUT2D eigenvalue weighted by Crippen LogP contribution is -2.50. The Kier molecular flexibility index (Phi) is 7.79. The molecule has 0 fully saturated rings. The molecule has 0 unspecified atom stereocenters. The minimum Gasteiger partial charge on any atom is -0.480 e. The molecule has 0 heterocycles. The standard InChI is InChI=1S/C13H24N2O4/c1-5-6-11(16)14-9(4)12(17)15-10(13(18)19)7-8(2)3/h8-10H,5-7H2,1-4H3,(H,14,16)(H,15,17)(H,18,19)/t9-,10-/m0/s1. The van der Waals surface area contributed by atoms with Gasteiger partial charge in [0.1, 0.15) is 12.1 Å². The smallest absolute Gasteiger partial charge is 0.326 e. The summed E-state index contributed by atoms with van der Waals surface area (Å²) in [5.74, 6) is -1.58. The molecule has 2 amide bonds. The number of hydrogen-bond acceptors (Lipinski definition) is 3. The third-order valence-corrected chi connectivity index (χ3v) is 2.57. The van der Waals surface area contributed by atoms with Gasteiger partial charge in [-0.1, -0.05) is 20.8 Å². The molecule has 0 aliphatic rings. The van der Waals surface area contributed by atoms with Crippen molar-refractivity contribution < 1.29 is 19.5 Å². The average Bonchev–Trinajstić information content (AvgIpc) is 2.27. The molecular formula is C13H24N2O4. The molecule has 6 heteroatoms. The van der Waals surface area contributed by atoms with Gasteiger partial charge in [0.25, 0.3) is 0 Å². The summed E-state index contributed by atoms with van der Waals surface area (Å²) in [5, 5.41) is 14.0. The van der Waals surface area contributed by atoms with Crippen molar-refractivity contribution in [2.75, 3.05) is 0 Å². The van der Waals surface area contributed by atoms with Crippen molar-refractivity contribution in [2.24, 2.45) is 5.92 Å². The summed E-state index contributed by atoms with van der Waals surface area (Å²) in [6, 6.07) is -1.65. The van der Waals surface area contributed by atoms with Gasteiger partial charge in [-0.3, -0.25) is 9.59 Å². The van der Waals surface area contributed by atoms with Crippen LogP contribution >= 0.6 is 0 Å². The minimum absolute atomic E-state index is 0.159. The van der Waals surface area contributed by atoms with Gasteiger partial charge in [-0.15, -0.1) is 0 Å². The first kappa shape index (κ1) is 17.4. The fraction of sp³-hybridized carbons (Fsp3) is 0.769. The van der Waals surface area contributed by atoms with E-state index in [0.717, 1.165) is 0 Å². The number of carboxylic acid groups (broad SMARTS) is 1. The predicted molar refractivity (Wildman–Crippen MR) is 71.5 cm³/mol. The summed E-state index contributed by atoms with van der Waals surface area (Å²) in [6.45, 7) is 7.17.